The highest BCUT2D eigenvalue weighted by Crippen LogP contribution is 2.20. The number of hydrogen-bond donors (Lipinski definition) is 2. The number of nitrogens with one attached hydrogen (secondary N) is 2. The summed E-state index contributed by atoms with van der Waals surface area (Å²) in [6, 6.07) is 0.445. The molecule has 2 fully saturated rings. The second-order valence-corrected chi connectivity index (χ2v) is 7.78. The highest BCUT2D eigenvalue weighted by molar-refractivity contribution is 14.0. The third-order valence-electron chi connectivity index (χ3n) is 5.98. The van der Waals surface area contributed by atoms with Gasteiger partial charge in [-0.1, -0.05) is 26.7 Å². The third kappa shape index (κ3) is 8.96. The minimum absolute atomic E-state index is 0. The molecule has 2 rings (SSSR count). The van der Waals surface area contributed by atoms with Gasteiger partial charge in [-0.05, 0) is 25.7 Å². The number of carbonyl (C=O) groups is 1. The van der Waals surface area contributed by atoms with Crippen LogP contribution in [0.15, 0.2) is 4.99 Å². The van der Waals surface area contributed by atoms with Crippen LogP contribution in [0, 0.1) is 5.92 Å². The van der Waals surface area contributed by atoms with Crippen molar-refractivity contribution >= 4 is 35.8 Å². The Labute approximate surface area is 194 Å². The van der Waals surface area contributed by atoms with Gasteiger partial charge in [0, 0.05) is 51.7 Å². The fourth-order valence-corrected chi connectivity index (χ4v) is 4.24. The maximum absolute atomic E-state index is 12.2. The number of halogens is 1. The Morgan fingerprint density at radius 2 is 1.69 bits per heavy atom. The number of nitrogens with zero attached hydrogens (tertiary/aromatic N) is 3. The Balaban J connectivity index is 0.00000420. The maximum Gasteiger partial charge on any atom is 0.224 e. The molecule has 0 aliphatic carbocycles. The standard InChI is InChI=1S/C21H41N5O2.HI/c1-4-18(5-2)19(25-13-15-28-16-14-25)17-24-21(22-6-3)23-10-9-20(27)26-11-7-8-12-26;/h18-19H,4-17H2,1-3H3,(H2,22,23,24);1H. The van der Waals surface area contributed by atoms with Crippen molar-refractivity contribution in [3.8, 4) is 0 Å². The van der Waals surface area contributed by atoms with Crippen molar-refractivity contribution < 1.29 is 9.53 Å². The lowest BCUT2D eigenvalue weighted by Crippen LogP contribution is -2.49. The lowest BCUT2D eigenvalue weighted by atomic mass is 9.92. The number of likely N-dealkylation sites (tertiary alicyclic amines) is 1. The average Bonchev–Trinajstić information content (AvgIpc) is 3.26. The van der Waals surface area contributed by atoms with Gasteiger partial charge in [0.15, 0.2) is 5.96 Å². The molecule has 2 N–H and O–H groups in total. The summed E-state index contributed by atoms with van der Waals surface area (Å²) in [4.78, 5) is 21.6. The smallest absolute Gasteiger partial charge is 0.224 e. The van der Waals surface area contributed by atoms with Crippen molar-refractivity contribution in [2.24, 2.45) is 10.9 Å². The SMILES string of the molecule is CCNC(=NCC(C(CC)CC)N1CCOCC1)NCCC(=O)N1CCCC1.I. The molecule has 0 aromatic rings. The van der Waals surface area contributed by atoms with Gasteiger partial charge in [0.2, 0.25) is 5.91 Å². The molecule has 7 nitrogen and oxygen atoms in total. The average molecular weight is 524 g/mol. The van der Waals surface area contributed by atoms with Gasteiger partial charge in [0.05, 0.1) is 19.8 Å². The van der Waals surface area contributed by atoms with E-state index in [1.54, 1.807) is 0 Å². The van der Waals surface area contributed by atoms with Crippen molar-refractivity contribution in [2.45, 2.75) is 58.9 Å². The molecular weight excluding hydrogens is 481 g/mol. The minimum atomic E-state index is 0. The Kier molecular flexibility index (Phi) is 13.9. The van der Waals surface area contributed by atoms with Crippen LogP contribution in [-0.2, 0) is 9.53 Å². The predicted molar refractivity (Wildman–Crippen MR) is 130 cm³/mol. The van der Waals surface area contributed by atoms with Crippen LogP contribution in [-0.4, -0.2) is 86.7 Å². The maximum atomic E-state index is 12.2. The second-order valence-electron chi connectivity index (χ2n) is 7.78. The van der Waals surface area contributed by atoms with E-state index in [1.807, 2.05) is 4.90 Å². The van der Waals surface area contributed by atoms with Crippen LogP contribution >= 0.6 is 24.0 Å². The van der Waals surface area contributed by atoms with Crippen LogP contribution in [0.25, 0.3) is 0 Å². The molecule has 8 heteroatoms. The largest absolute Gasteiger partial charge is 0.379 e. The van der Waals surface area contributed by atoms with Crippen LogP contribution in [0.3, 0.4) is 0 Å². The molecule has 1 unspecified atom stereocenters. The predicted octanol–water partition coefficient (Wildman–Crippen LogP) is 2.31. The summed E-state index contributed by atoms with van der Waals surface area (Å²) in [7, 11) is 0. The lowest BCUT2D eigenvalue weighted by molar-refractivity contribution is -0.129. The molecule has 0 aromatic carbocycles. The highest BCUT2D eigenvalue weighted by atomic mass is 127. The van der Waals surface area contributed by atoms with Crippen LogP contribution < -0.4 is 10.6 Å². The van der Waals surface area contributed by atoms with Gasteiger partial charge < -0.3 is 20.3 Å². The first kappa shape index (κ1) is 26.4. The van der Waals surface area contributed by atoms with Crippen LogP contribution in [0.2, 0.25) is 0 Å². The summed E-state index contributed by atoms with van der Waals surface area (Å²) < 4.78 is 5.54. The zero-order valence-corrected chi connectivity index (χ0v) is 21.0. The molecule has 1 amide bonds. The summed E-state index contributed by atoms with van der Waals surface area (Å²) in [5, 5.41) is 6.69. The topological polar surface area (TPSA) is 69.2 Å². The van der Waals surface area contributed by atoms with Crippen molar-refractivity contribution in [1.29, 1.82) is 0 Å². The second kappa shape index (κ2) is 15.2. The Morgan fingerprint density at radius 3 is 2.28 bits per heavy atom. The fourth-order valence-electron chi connectivity index (χ4n) is 4.24. The molecule has 2 saturated heterocycles. The number of carbonyl (C=O) groups excluding carboxylic acids is 1. The van der Waals surface area contributed by atoms with E-state index >= 15 is 0 Å². The summed E-state index contributed by atoms with van der Waals surface area (Å²) in [5.41, 5.74) is 0. The first-order chi connectivity index (χ1) is 13.7. The van der Waals surface area contributed by atoms with E-state index in [9.17, 15) is 4.79 Å². The number of morpholine rings is 1. The molecule has 0 saturated carbocycles. The van der Waals surface area contributed by atoms with Gasteiger partial charge in [-0.2, -0.15) is 0 Å². The van der Waals surface area contributed by atoms with Gasteiger partial charge in [-0.3, -0.25) is 14.7 Å². The number of ether oxygens (including phenoxy) is 1. The molecule has 1 atom stereocenters. The number of hydrogen-bond acceptors (Lipinski definition) is 4. The Hall–Kier alpha value is -0.610. The quantitative estimate of drug-likeness (QED) is 0.261. The van der Waals surface area contributed by atoms with Crippen molar-refractivity contribution in [1.82, 2.24) is 20.4 Å². The molecule has 29 heavy (non-hydrogen) atoms. The highest BCUT2D eigenvalue weighted by Gasteiger charge is 2.26. The number of guanidine groups is 1. The molecule has 2 aliphatic heterocycles. The Bertz CT molecular complexity index is 476. The monoisotopic (exact) mass is 523 g/mol. The lowest BCUT2D eigenvalue weighted by Gasteiger charge is -2.38. The van der Waals surface area contributed by atoms with Gasteiger partial charge in [-0.25, -0.2) is 0 Å². The van der Waals surface area contributed by atoms with E-state index in [-0.39, 0.29) is 29.9 Å². The van der Waals surface area contributed by atoms with Crippen LogP contribution in [0.1, 0.15) is 52.9 Å². The molecule has 0 spiro atoms. The third-order valence-corrected chi connectivity index (χ3v) is 5.98. The molecule has 0 bridgehead atoms. The first-order valence-electron chi connectivity index (χ1n) is 11.3. The molecule has 170 valence electrons. The van der Waals surface area contributed by atoms with E-state index in [1.165, 1.54) is 12.8 Å². The van der Waals surface area contributed by atoms with Crippen molar-refractivity contribution in [3.05, 3.63) is 0 Å². The van der Waals surface area contributed by atoms with Gasteiger partial charge >= 0.3 is 0 Å². The van der Waals surface area contributed by atoms with Gasteiger partial charge in [0.1, 0.15) is 0 Å². The van der Waals surface area contributed by atoms with E-state index in [0.717, 1.165) is 71.3 Å². The number of rotatable bonds is 10. The summed E-state index contributed by atoms with van der Waals surface area (Å²) in [6.45, 7) is 14.3. The minimum Gasteiger partial charge on any atom is -0.379 e. The number of amides is 1. The molecular formula is C21H42IN5O2. The number of aliphatic imine (C=N–C) groups is 1. The molecule has 0 radical (unpaired) electrons. The summed E-state index contributed by atoms with van der Waals surface area (Å²) in [5.74, 6) is 1.71. The Morgan fingerprint density at radius 1 is 1.03 bits per heavy atom. The van der Waals surface area contributed by atoms with Gasteiger partial charge in [0.25, 0.3) is 0 Å². The molecule has 0 aromatic heterocycles. The van der Waals surface area contributed by atoms with E-state index < -0.39 is 0 Å². The summed E-state index contributed by atoms with van der Waals surface area (Å²) >= 11 is 0. The van der Waals surface area contributed by atoms with E-state index in [2.05, 4.69) is 36.3 Å². The normalized spacial score (nSPS) is 19.2. The first-order valence-corrected chi connectivity index (χ1v) is 11.3. The van der Waals surface area contributed by atoms with E-state index in [4.69, 9.17) is 9.73 Å². The molecule has 2 aliphatic rings. The van der Waals surface area contributed by atoms with Crippen molar-refractivity contribution in [3.63, 3.8) is 0 Å². The van der Waals surface area contributed by atoms with E-state index in [0.29, 0.717) is 24.9 Å². The zero-order chi connectivity index (χ0) is 20.2. The van der Waals surface area contributed by atoms with Crippen molar-refractivity contribution in [2.75, 3.05) is 59.0 Å². The van der Waals surface area contributed by atoms with Crippen LogP contribution in [0.4, 0.5) is 0 Å². The molecule has 2 heterocycles. The van der Waals surface area contributed by atoms with Crippen LogP contribution in [0.5, 0.6) is 0 Å². The van der Waals surface area contributed by atoms with Gasteiger partial charge in [-0.15, -0.1) is 24.0 Å². The fraction of sp³-hybridized carbons (Fsp3) is 0.905. The zero-order valence-electron chi connectivity index (χ0n) is 18.6. The summed E-state index contributed by atoms with van der Waals surface area (Å²) in [6.07, 6.45) is 5.15.